The molecule has 0 aliphatic carbocycles. The van der Waals surface area contributed by atoms with Crippen LogP contribution >= 0.6 is 15.9 Å². The molecule has 0 spiro atoms. The third kappa shape index (κ3) is 2.59. The van der Waals surface area contributed by atoms with Crippen LogP contribution in [0.3, 0.4) is 0 Å². The lowest BCUT2D eigenvalue weighted by Gasteiger charge is -2.07. The summed E-state index contributed by atoms with van der Waals surface area (Å²) in [5.74, 6) is -1.13. The van der Waals surface area contributed by atoms with E-state index in [9.17, 15) is 9.90 Å². The summed E-state index contributed by atoms with van der Waals surface area (Å²) >= 11 is 3.37. The number of fused-ring (bicyclic) bond motifs is 1. The van der Waals surface area contributed by atoms with Gasteiger partial charge in [0.1, 0.15) is 0 Å². The Hall–Kier alpha value is -2.65. The van der Waals surface area contributed by atoms with Crippen molar-refractivity contribution in [3.63, 3.8) is 0 Å². The van der Waals surface area contributed by atoms with Crippen molar-refractivity contribution in [1.82, 2.24) is 9.55 Å². The Labute approximate surface area is 134 Å². The van der Waals surface area contributed by atoms with Crippen molar-refractivity contribution in [3.05, 3.63) is 63.9 Å². The van der Waals surface area contributed by atoms with Crippen LogP contribution in [-0.4, -0.2) is 20.6 Å². The van der Waals surface area contributed by atoms with Crippen LogP contribution in [0.15, 0.2) is 46.9 Å². The van der Waals surface area contributed by atoms with Crippen molar-refractivity contribution in [2.24, 2.45) is 0 Å². The number of hydrogen-bond acceptors (Lipinski definition) is 3. The minimum atomic E-state index is -1.09. The number of rotatable bonds is 3. The minimum Gasteiger partial charge on any atom is -0.475 e. The van der Waals surface area contributed by atoms with Crippen LogP contribution in [0.5, 0.6) is 0 Å². The molecule has 22 heavy (non-hydrogen) atoms. The van der Waals surface area contributed by atoms with Crippen LogP contribution in [0.25, 0.3) is 11.0 Å². The fourth-order valence-corrected chi connectivity index (χ4v) is 2.56. The van der Waals surface area contributed by atoms with Crippen LogP contribution in [-0.2, 0) is 6.54 Å². The molecule has 0 saturated heterocycles. The number of hydrogen-bond donors (Lipinski definition) is 1. The molecule has 2 aromatic carbocycles. The van der Waals surface area contributed by atoms with Gasteiger partial charge in [-0.2, -0.15) is 5.26 Å². The van der Waals surface area contributed by atoms with E-state index >= 15 is 0 Å². The number of aromatic nitrogens is 2. The maximum atomic E-state index is 11.4. The predicted octanol–water partition coefficient (Wildman–Crippen LogP) is 3.42. The van der Waals surface area contributed by atoms with Crippen LogP contribution in [0, 0.1) is 11.3 Å². The van der Waals surface area contributed by atoms with Crippen molar-refractivity contribution in [3.8, 4) is 6.07 Å². The van der Waals surface area contributed by atoms with E-state index in [0.29, 0.717) is 23.1 Å². The molecule has 0 radical (unpaired) electrons. The maximum absolute atomic E-state index is 11.4. The van der Waals surface area contributed by atoms with Gasteiger partial charge in [-0.15, -0.1) is 0 Å². The Bertz CT molecular complexity index is 908. The summed E-state index contributed by atoms with van der Waals surface area (Å²) in [6, 6.07) is 14.7. The summed E-state index contributed by atoms with van der Waals surface area (Å²) < 4.78 is 2.60. The number of aromatic carboxylic acids is 1. The van der Waals surface area contributed by atoms with Gasteiger partial charge in [0.05, 0.1) is 22.7 Å². The van der Waals surface area contributed by atoms with Gasteiger partial charge in [-0.05, 0) is 35.9 Å². The molecule has 1 aromatic heterocycles. The molecule has 5 nitrogen and oxygen atoms in total. The van der Waals surface area contributed by atoms with E-state index in [4.69, 9.17) is 5.26 Å². The molecule has 0 fully saturated rings. The first-order valence-corrected chi connectivity index (χ1v) is 7.26. The van der Waals surface area contributed by atoms with Gasteiger partial charge in [0.25, 0.3) is 0 Å². The lowest BCUT2D eigenvalue weighted by molar-refractivity contribution is 0.0679. The Morgan fingerprint density at radius 2 is 2.00 bits per heavy atom. The molecule has 3 rings (SSSR count). The largest absolute Gasteiger partial charge is 0.475 e. The Morgan fingerprint density at radius 3 is 2.64 bits per heavy atom. The van der Waals surface area contributed by atoms with E-state index in [0.717, 1.165) is 10.0 Å². The molecular weight excluding hydrogens is 346 g/mol. The summed E-state index contributed by atoms with van der Waals surface area (Å²) in [7, 11) is 0. The molecule has 0 atom stereocenters. The van der Waals surface area contributed by atoms with Gasteiger partial charge in [-0.25, -0.2) is 9.78 Å². The second-order valence-electron chi connectivity index (χ2n) is 4.77. The molecule has 3 aromatic rings. The van der Waals surface area contributed by atoms with Crippen molar-refractivity contribution in [1.29, 1.82) is 5.26 Å². The summed E-state index contributed by atoms with van der Waals surface area (Å²) in [6.07, 6.45) is 0. The molecule has 0 aliphatic rings. The van der Waals surface area contributed by atoms with Crippen LogP contribution in [0.1, 0.15) is 21.7 Å². The monoisotopic (exact) mass is 355 g/mol. The average Bonchev–Trinajstić information content (AvgIpc) is 2.87. The van der Waals surface area contributed by atoms with Gasteiger partial charge in [-0.3, -0.25) is 0 Å². The number of benzene rings is 2. The normalized spacial score (nSPS) is 10.5. The first kappa shape index (κ1) is 14.3. The standard InChI is InChI=1S/C16H10BrN3O2/c17-12-4-1-10(2-5-12)9-20-14-6-3-11(8-18)7-13(14)19-15(20)16(21)22/h1-7H,9H2,(H,21,22). The molecule has 108 valence electrons. The molecule has 6 heteroatoms. The van der Waals surface area contributed by atoms with Crippen molar-refractivity contribution < 1.29 is 9.90 Å². The third-order valence-corrected chi connectivity index (χ3v) is 3.85. The van der Waals surface area contributed by atoms with E-state index in [1.54, 1.807) is 22.8 Å². The van der Waals surface area contributed by atoms with Crippen molar-refractivity contribution >= 4 is 32.9 Å². The summed E-state index contributed by atoms with van der Waals surface area (Å²) in [5, 5.41) is 18.3. The van der Waals surface area contributed by atoms with Crippen molar-refractivity contribution in [2.45, 2.75) is 6.54 Å². The van der Waals surface area contributed by atoms with Crippen LogP contribution in [0.2, 0.25) is 0 Å². The zero-order valence-electron chi connectivity index (χ0n) is 11.3. The first-order valence-electron chi connectivity index (χ1n) is 6.46. The second kappa shape index (κ2) is 5.62. The zero-order chi connectivity index (χ0) is 15.7. The number of nitriles is 1. The van der Waals surface area contributed by atoms with E-state index in [-0.39, 0.29) is 5.82 Å². The van der Waals surface area contributed by atoms with Crippen LogP contribution < -0.4 is 0 Å². The zero-order valence-corrected chi connectivity index (χ0v) is 12.9. The fraction of sp³-hybridized carbons (Fsp3) is 0.0625. The fourth-order valence-electron chi connectivity index (χ4n) is 2.30. The molecule has 1 heterocycles. The van der Waals surface area contributed by atoms with Crippen LogP contribution in [0.4, 0.5) is 0 Å². The Balaban J connectivity index is 2.14. The molecule has 0 saturated carbocycles. The van der Waals surface area contributed by atoms with E-state index < -0.39 is 5.97 Å². The molecule has 0 unspecified atom stereocenters. The molecular formula is C16H10BrN3O2. The number of imidazole rings is 1. The van der Waals surface area contributed by atoms with E-state index in [2.05, 4.69) is 20.9 Å². The van der Waals surface area contributed by atoms with E-state index in [1.165, 1.54) is 0 Å². The highest BCUT2D eigenvalue weighted by atomic mass is 79.9. The van der Waals surface area contributed by atoms with Gasteiger partial charge < -0.3 is 9.67 Å². The van der Waals surface area contributed by atoms with Gasteiger partial charge >= 0.3 is 5.97 Å². The summed E-state index contributed by atoms with van der Waals surface area (Å²) in [6.45, 7) is 0.400. The average molecular weight is 356 g/mol. The number of carbonyl (C=O) groups is 1. The lowest BCUT2D eigenvalue weighted by atomic mass is 10.2. The topological polar surface area (TPSA) is 78.9 Å². The molecule has 0 aliphatic heterocycles. The highest BCUT2D eigenvalue weighted by Gasteiger charge is 2.17. The maximum Gasteiger partial charge on any atom is 0.372 e. The molecule has 0 amide bonds. The second-order valence-corrected chi connectivity index (χ2v) is 5.68. The van der Waals surface area contributed by atoms with Gasteiger partial charge in [0.2, 0.25) is 5.82 Å². The number of carboxylic acids is 1. The van der Waals surface area contributed by atoms with Crippen molar-refractivity contribution in [2.75, 3.05) is 0 Å². The first-order chi connectivity index (χ1) is 10.6. The highest BCUT2D eigenvalue weighted by Crippen LogP contribution is 2.20. The Kier molecular flexibility index (Phi) is 3.65. The number of halogens is 1. The molecule has 0 bridgehead atoms. The van der Waals surface area contributed by atoms with Gasteiger partial charge in [0, 0.05) is 11.0 Å². The lowest BCUT2D eigenvalue weighted by Crippen LogP contribution is -2.10. The van der Waals surface area contributed by atoms with Gasteiger partial charge in [0.15, 0.2) is 0 Å². The third-order valence-electron chi connectivity index (χ3n) is 3.32. The van der Waals surface area contributed by atoms with E-state index in [1.807, 2.05) is 30.3 Å². The minimum absolute atomic E-state index is 0.0343. The summed E-state index contributed by atoms with van der Waals surface area (Å²) in [4.78, 5) is 15.6. The SMILES string of the molecule is N#Cc1ccc2c(c1)nc(C(=O)O)n2Cc1ccc(Br)cc1. The smallest absolute Gasteiger partial charge is 0.372 e. The number of nitrogens with zero attached hydrogens (tertiary/aromatic N) is 3. The van der Waals surface area contributed by atoms with Gasteiger partial charge in [-0.1, -0.05) is 28.1 Å². The highest BCUT2D eigenvalue weighted by molar-refractivity contribution is 9.10. The predicted molar refractivity (Wildman–Crippen MR) is 84.7 cm³/mol. The summed E-state index contributed by atoms with van der Waals surface area (Å²) in [5.41, 5.74) is 2.62. The molecule has 1 N–H and O–H groups in total. The number of carboxylic acid groups (broad SMARTS) is 1. The Morgan fingerprint density at radius 1 is 1.27 bits per heavy atom. The quantitative estimate of drug-likeness (QED) is 0.780.